The zero-order valence-electron chi connectivity index (χ0n) is 25.3. The highest BCUT2D eigenvalue weighted by Crippen LogP contribution is 2.54. The normalized spacial score (nSPS) is 16.4. The molecule has 3 aromatic carbocycles. The highest BCUT2D eigenvalue weighted by molar-refractivity contribution is 5.99. The lowest BCUT2D eigenvalue weighted by molar-refractivity contribution is 0.764. The minimum Gasteiger partial charge on any atom is -0.313 e. The fourth-order valence-electron chi connectivity index (χ4n) is 6.73. The molecule has 2 aliphatic rings. The Labute approximate surface area is 256 Å². The molecule has 6 rings (SSSR count). The van der Waals surface area contributed by atoms with Crippen LogP contribution in [0.25, 0.3) is 34.8 Å². The van der Waals surface area contributed by atoms with Crippen molar-refractivity contribution in [1.82, 2.24) is 4.57 Å². The van der Waals surface area contributed by atoms with E-state index in [1.807, 2.05) is 18.2 Å². The molecule has 0 N–H and O–H groups in total. The van der Waals surface area contributed by atoms with Crippen LogP contribution in [0.15, 0.2) is 140 Å². The van der Waals surface area contributed by atoms with Crippen molar-refractivity contribution in [1.29, 1.82) is 0 Å². The SMILES string of the molecule is C=C\C=C/C(C(=C)C)=C(/C=C\C)n1c2c(c3ccccc31)C=C1C(C2)c2ccccc2N1c1cccc(C=C)c1/C=C\C. The molecule has 0 saturated carbocycles. The number of rotatable bonds is 8. The van der Waals surface area contributed by atoms with Gasteiger partial charge in [0.1, 0.15) is 0 Å². The van der Waals surface area contributed by atoms with Crippen LogP contribution in [0.2, 0.25) is 0 Å². The van der Waals surface area contributed by atoms with Crippen molar-refractivity contribution < 1.29 is 0 Å². The highest BCUT2D eigenvalue weighted by Gasteiger charge is 2.39. The number of allylic oxidation sites excluding steroid dienone is 10. The molecule has 1 aliphatic carbocycles. The number of anilines is 2. The van der Waals surface area contributed by atoms with E-state index in [0.29, 0.717) is 0 Å². The molecule has 2 heterocycles. The molecule has 4 aromatic rings. The Morgan fingerprint density at radius 2 is 1.65 bits per heavy atom. The lowest BCUT2D eigenvalue weighted by Crippen LogP contribution is -2.19. The average Bonchev–Trinajstić information content (AvgIpc) is 3.52. The second-order valence-electron chi connectivity index (χ2n) is 11.1. The minimum atomic E-state index is 0.224. The third-order valence-corrected chi connectivity index (χ3v) is 8.49. The van der Waals surface area contributed by atoms with Crippen molar-refractivity contribution >= 4 is 46.2 Å². The van der Waals surface area contributed by atoms with Crippen LogP contribution < -0.4 is 4.90 Å². The standard InChI is InChI=1S/C41H38N2/c1-7-11-20-30(28(5)6)36(18-9-3)42-38-23-14-12-21-32(38)34-27-41-35(26-40(34)42)33-22-13-15-24-39(33)43(41)37-25-16-19-29(10-4)31(37)17-8-2/h7-25,27,35H,1,4-5,26H2,2-3,6H3/b17-8-,18-9-,20-11-,36-30+. The third-order valence-electron chi connectivity index (χ3n) is 8.49. The summed E-state index contributed by atoms with van der Waals surface area (Å²) in [5.74, 6) is 0.224. The van der Waals surface area contributed by atoms with Crippen LogP contribution in [0, 0.1) is 0 Å². The maximum absolute atomic E-state index is 4.36. The molecule has 0 fully saturated rings. The van der Waals surface area contributed by atoms with Gasteiger partial charge in [0, 0.05) is 51.5 Å². The van der Waals surface area contributed by atoms with Crippen molar-refractivity contribution in [3.8, 4) is 0 Å². The third kappa shape index (κ3) is 4.60. The maximum atomic E-state index is 4.36. The van der Waals surface area contributed by atoms with E-state index in [1.54, 1.807) is 0 Å². The van der Waals surface area contributed by atoms with E-state index in [0.717, 1.165) is 28.8 Å². The zero-order valence-corrected chi connectivity index (χ0v) is 25.3. The molecule has 212 valence electrons. The van der Waals surface area contributed by atoms with Crippen LogP contribution >= 0.6 is 0 Å². The summed E-state index contributed by atoms with van der Waals surface area (Å²) < 4.78 is 2.46. The highest BCUT2D eigenvalue weighted by atomic mass is 15.2. The molecule has 0 amide bonds. The molecule has 2 nitrogen and oxygen atoms in total. The number of para-hydroxylation sites is 2. The molecule has 1 atom stereocenters. The topological polar surface area (TPSA) is 8.17 Å². The average molecular weight is 559 g/mol. The number of benzene rings is 3. The maximum Gasteiger partial charge on any atom is 0.0537 e. The second kappa shape index (κ2) is 11.7. The van der Waals surface area contributed by atoms with Gasteiger partial charge in [0.05, 0.1) is 16.9 Å². The van der Waals surface area contributed by atoms with Gasteiger partial charge in [0.2, 0.25) is 0 Å². The summed E-state index contributed by atoms with van der Waals surface area (Å²) >= 11 is 0. The molecular weight excluding hydrogens is 520 g/mol. The molecule has 1 aromatic heterocycles. The number of fused-ring (bicyclic) bond motifs is 6. The fourth-order valence-corrected chi connectivity index (χ4v) is 6.73. The Balaban J connectivity index is 1.67. The Morgan fingerprint density at radius 3 is 2.40 bits per heavy atom. The van der Waals surface area contributed by atoms with Crippen molar-refractivity contribution in [2.75, 3.05) is 4.90 Å². The van der Waals surface area contributed by atoms with E-state index in [-0.39, 0.29) is 5.92 Å². The van der Waals surface area contributed by atoms with Gasteiger partial charge in [-0.3, -0.25) is 0 Å². The summed E-state index contributed by atoms with van der Waals surface area (Å²) in [6.07, 6.45) is 19.9. The van der Waals surface area contributed by atoms with Crippen molar-refractivity contribution in [2.45, 2.75) is 33.1 Å². The van der Waals surface area contributed by atoms with E-state index in [1.165, 1.54) is 50.4 Å². The first-order valence-corrected chi connectivity index (χ1v) is 15.0. The number of nitrogens with zero attached hydrogens (tertiary/aromatic N) is 2. The minimum absolute atomic E-state index is 0.224. The Bertz CT molecular complexity index is 1930. The van der Waals surface area contributed by atoms with E-state index >= 15 is 0 Å². The summed E-state index contributed by atoms with van der Waals surface area (Å²) in [7, 11) is 0. The first-order chi connectivity index (χ1) is 21.0. The van der Waals surface area contributed by atoms with Crippen LogP contribution in [-0.2, 0) is 6.42 Å². The van der Waals surface area contributed by atoms with Gasteiger partial charge in [-0.05, 0) is 67.8 Å². The van der Waals surface area contributed by atoms with E-state index < -0.39 is 0 Å². The number of hydrogen-bond donors (Lipinski definition) is 0. The van der Waals surface area contributed by atoms with Gasteiger partial charge in [0.25, 0.3) is 0 Å². The summed E-state index contributed by atoms with van der Waals surface area (Å²) in [6, 6.07) is 24.2. The van der Waals surface area contributed by atoms with Crippen LogP contribution in [0.5, 0.6) is 0 Å². The first kappa shape index (κ1) is 28.1. The van der Waals surface area contributed by atoms with Gasteiger partial charge >= 0.3 is 0 Å². The Kier molecular flexibility index (Phi) is 7.61. The van der Waals surface area contributed by atoms with Gasteiger partial charge in [-0.2, -0.15) is 0 Å². The summed E-state index contributed by atoms with van der Waals surface area (Å²) in [6.45, 7) is 18.6. The van der Waals surface area contributed by atoms with Gasteiger partial charge < -0.3 is 9.47 Å². The predicted octanol–water partition coefficient (Wildman–Crippen LogP) is 11.3. The Hall–Kier alpha value is -5.08. The van der Waals surface area contributed by atoms with E-state index in [2.05, 4.69) is 153 Å². The zero-order chi connectivity index (χ0) is 30.1. The second-order valence-corrected chi connectivity index (χ2v) is 11.1. The predicted molar refractivity (Wildman–Crippen MR) is 188 cm³/mol. The van der Waals surface area contributed by atoms with Gasteiger partial charge in [-0.25, -0.2) is 0 Å². The van der Waals surface area contributed by atoms with E-state index in [4.69, 9.17) is 0 Å². The van der Waals surface area contributed by atoms with Crippen molar-refractivity contribution in [3.63, 3.8) is 0 Å². The van der Waals surface area contributed by atoms with Crippen molar-refractivity contribution in [3.05, 3.63) is 168 Å². The summed E-state index contributed by atoms with van der Waals surface area (Å²) in [5, 5.41) is 1.25. The van der Waals surface area contributed by atoms with E-state index in [9.17, 15) is 0 Å². The van der Waals surface area contributed by atoms with Crippen molar-refractivity contribution in [2.24, 2.45) is 0 Å². The van der Waals surface area contributed by atoms with Gasteiger partial charge in [-0.1, -0.05) is 111 Å². The van der Waals surface area contributed by atoms with Crippen LogP contribution in [0.3, 0.4) is 0 Å². The molecule has 0 spiro atoms. The number of hydrogen-bond acceptors (Lipinski definition) is 1. The molecule has 1 unspecified atom stereocenters. The first-order valence-electron chi connectivity index (χ1n) is 15.0. The summed E-state index contributed by atoms with van der Waals surface area (Å²) in [4.78, 5) is 2.48. The molecule has 0 saturated heterocycles. The lowest BCUT2D eigenvalue weighted by atomic mass is 9.87. The monoisotopic (exact) mass is 558 g/mol. The van der Waals surface area contributed by atoms with Gasteiger partial charge in [0.15, 0.2) is 0 Å². The van der Waals surface area contributed by atoms with Crippen LogP contribution in [0.1, 0.15) is 54.6 Å². The molecule has 1 aliphatic heterocycles. The number of aromatic nitrogens is 1. The smallest absolute Gasteiger partial charge is 0.0537 e. The van der Waals surface area contributed by atoms with Crippen LogP contribution in [0.4, 0.5) is 11.4 Å². The Morgan fingerprint density at radius 1 is 0.884 bits per heavy atom. The largest absolute Gasteiger partial charge is 0.313 e. The molecule has 43 heavy (non-hydrogen) atoms. The van der Waals surface area contributed by atoms with Gasteiger partial charge in [-0.15, -0.1) is 0 Å². The summed E-state index contributed by atoms with van der Waals surface area (Å²) in [5.41, 5.74) is 14.4. The molecule has 2 heteroatoms. The molecular formula is C41H38N2. The lowest BCUT2D eigenvalue weighted by Gasteiger charge is -2.29. The fraction of sp³-hybridized carbons (Fsp3) is 0.122. The van der Waals surface area contributed by atoms with Crippen LogP contribution in [-0.4, -0.2) is 4.57 Å². The molecule has 0 radical (unpaired) electrons. The molecule has 0 bridgehead atoms. The quantitative estimate of drug-likeness (QED) is 0.195.